The van der Waals surface area contributed by atoms with Crippen LogP contribution in [-0.4, -0.2) is 38.2 Å². The smallest absolute Gasteiger partial charge is 0.343 e. The number of pyridine rings is 2. The third kappa shape index (κ3) is 9.97. The van der Waals surface area contributed by atoms with E-state index in [9.17, 15) is 24.3 Å². The van der Waals surface area contributed by atoms with E-state index >= 15 is 0 Å². The molecule has 0 aliphatic carbocycles. The molecule has 0 amide bonds. The second-order valence-electron chi connectivity index (χ2n) is 20.4. The number of fused-ring (bicyclic) bond motifs is 6. The molecule has 11 heteroatoms. The summed E-state index contributed by atoms with van der Waals surface area (Å²) in [6.07, 6.45) is 13.4. The molecular weight excluding hydrogens is 833 g/mol. The summed E-state index contributed by atoms with van der Waals surface area (Å²) in [4.78, 5) is 57.8. The number of ether oxygens (including phenoxy) is 4. The number of hydrogen-bond donors (Lipinski definition) is 1. The molecule has 0 unspecified atom stereocenters. The van der Waals surface area contributed by atoms with Gasteiger partial charge in [-0.3, -0.25) is 14.4 Å². The lowest BCUT2D eigenvalue weighted by atomic mass is 9.83. The molecule has 7 rings (SSSR count). The first-order valence-electron chi connectivity index (χ1n) is 24.7. The number of carbonyl (C=O) groups is 3. The highest BCUT2D eigenvalue weighted by Crippen LogP contribution is 2.46. The van der Waals surface area contributed by atoms with Gasteiger partial charge in [0.1, 0.15) is 29.5 Å². The van der Waals surface area contributed by atoms with Crippen molar-refractivity contribution in [1.29, 1.82) is 0 Å². The van der Waals surface area contributed by atoms with Gasteiger partial charge in [-0.1, -0.05) is 86.5 Å². The Labute approximate surface area is 391 Å². The van der Waals surface area contributed by atoms with Gasteiger partial charge in [0.25, 0.3) is 5.56 Å². The summed E-state index contributed by atoms with van der Waals surface area (Å²) in [5.41, 5.74) is 5.46. The second-order valence-corrected chi connectivity index (χ2v) is 20.4. The Balaban J connectivity index is 0.939. The summed E-state index contributed by atoms with van der Waals surface area (Å²) < 4.78 is 25.4. The van der Waals surface area contributed by atoms with Gasteiger partial charge in [0.05, 0.1) is 41.9 Å². The van der Waals surface area contributed by atoms with E-state index in [4.69, 9.17) is 23.9 Å². The van der Waals surface area contributed by atoms with Crippen molar-refractivity contribution in [1.82, 2.24) is 9.55 Å². The van der Waals surface area contributed by atoms with Crippen LogP contribution in [0.15, 0.2) is 29.1 Å². The minimum Gasteiger partial charge on any atom is -0.487 e. The Morgan fingerprint density at radius 3 is 2.18 bits per heavy atom. The van der Waals surface area contributed by atoms with Crippen LogP contribution < -0.4 is 19.8 Å². The third-order valence-electron chi connectivity index (χ3n) is 14.9. The lowest BCUT2D eigenvalue weighted by molar-refractivity contribution is -0.172. The van der Waals surface area contributed by atoms with Crippen LogP contribution in [0.1, 0.15) is 176 Å². The van der Waals surface area contributed by atoms with Crippen LogP contribution >= 0.6 is 0 Å². The number of aryl methyl sites for hydroxylation is 1. The van der Waals surface area contributed by atoms with Gasteiger partial charge >= 0.3 is 17.9 Å². The highest BCUT2D eigenvalue weighted by molar-refractivity contribution is 5.90. The molecule has 0 saturated carbocycles. The van der Waals surface area contributed by atoms with Crippen molar-refractivity contribution in [2.45, 2.75) is 190 Å². The molecule has 3 aliphatic heterocycles. The molecule has 4 atom stereocenters. The quantitative estimate of drug-likeness (QED) is 0.0628. The molecule has 0 saturated heterocycles. The zero-order chi connectivity index (χ0) is 47.7. The van der Waals surface area contributed by atoms with E-state index in [0.717, 1.165) is 82.0 Å². The normalized spacial score (nSPS) is 19.4. The summed E-state index contributed by atoms with van der Waals surface area (Å²) in [7, 11) is 0. The second kappa shape index (κ2) is 20.1. The minimum absolute atomic E-state index is 0.0599. The van der Waals surface area contributed by atoms with E-state index in [2.05, 4.69) is 34.6 Å². The molecule has 5 heterocycles. The number of hydrogen-bond acceptors (Lipinski definition) is 10. The maximum absolute atomic E-state index is 13.7. The lowest BCUT2D eigenvalue weighted by Crippen LogP contribution is -2.44. The molecular formula is C55H72N2O9. The van der Waals surface area contributed by atoms with Gasteiger partial charge in [-0.25, -0.2) is 9.78 Å². The zero-order valence-electron chi connectivity index (χ0n) is 41.2. The SMILES string of the molecule is CCc1c2c(nc3ccc(OC(=O)CCC(=O)Oc4c(C)c(C)c5c(c4C)CC[C@@](C)(CCC[C@H](C)CCC[C@H](C)CCCC(C)C)O5)cc13)-c1cc3c(c(=O)n1C2)COC(=O)[C@]3(O)CC. The predicted octanol–water partition coefficient (Wildman–Crippen LogP) is 11.4. The molecule has 1 N–H and O–H groups in total. The van der Waals surface area contributed by atoms with Gasteiger partial charge in [-0.05, 0) is 130 Å². The van der Waals surface area contributed by atoms with E-state index in [1.54, 1.807) is 35.8 Å². The largest absolute Gasteiger partial charge is 0.487 e. The number of nitrogens with zero attached hydrogens (tertiary/aromatic N) is 2. The van der Waals surface area contributed by atoms with Crippen molar-refractivity contribution in [3.05, 3.63) is 79.1 Å². The van der Waals surface area contributed by atoms with Crippen LogP contribution in [0.2, 0.25) is 0 Å². The summed E-state index contributed by atoms with van der Waals surface area (Å²) in [6.45, 7) is 21.4. The van der Waals surface area contributed by atoms with Crippen LogP contribution in [0.4, 0.5) is 0 Å². The molecule has 11 nitrogen and oxygen atoms in total. The molecule has 0 fully saturated rings. The molecule has 2 aromatic heterocycles. The topological polar surface area (TPSA) is 143 Å². The Bertz CT molecular complexity index is 2570. The number of rotatable bonds is 19. The van der Waals surface area contributed by atoms with E-state index in [0.29, 0.717) is 40.7 Å². The van der Waals surface area contributed by atoms with Crippen molar-refractivity contribution in [3.63, 3.8) is 0 Å². The van der Waals surface area contributed by atoms with Gasteiger partial charge < -0.3 is 28.6 Å². The molecule has 2 aromatic carbocycles. The fourth-order valence-electron chi connectivity index (χ4n) is 10.6. The van der Waals surface area contributed by atoms with Crippen molar-refractivity contribution in [2.24, 2.45) is 17.8 Å². The van der Waals surface area contributed by atoms with E-state index in [1.165, 1.54) is 44.9 Å². The molecule has 0 radical (unpaired) electrons. The number of carbonyl (C=O) groups excluding carboxylic acids is 3. The molecule has 3 aliphatic rings. The fourth-order valence-corrected chi connectivity index (χ4v) is 10.6. The number of esters is 3. The van der Waals surface area contributed by atoms with E-state index in [-0.39, 0.29) is 54.7 Å². The first-order valence-corrected chi connectivity index (χ1v) is 24.7. The Hall–Kier alpha value is -5.03. The molecule has 66 heavy (non-hydrogen) atoms. The van der Waals surface area contributed by atoms with Gasteiger partial charge in [-0.15, -0.1) is 0 Å². The first kappa shape index (κ1) is 48.9. The highest BCUT2D eigenvalue weighted by Gasteiger charge is 2.45. The van der Waals surface area contributed by atoms with Crippen molar-refractivity contribution in [3.8, 4) is 28.6 Å². The van der Waals surface area contributed by atoms with E-state index in [1.807, 2.05) is 27.7 Å². The van der Waals surface area contributed by atoms with Crippen LogP contribution in [0.5, 0.6) is 17.2 Å². The Morgan fingerprint density at radius 1 is 0.848 bits per heavy atom. The van der Waals surface area contributed by atoms with Gasteiger partial charge in [-0.2, -0.15) is 0 Å². The predicted molar refractivity (Wildman–Crippen MR) is 257 cm³/mol. The summed E-state index contributed by atoms with van der Waals surface area (Å²) >= 11 is 0. The number of aromatic nitrogens is 2. The average Bonchev–Trinajstić information content (AvgIpc) is 3.65. The van der Waals surface area contributed by atoms with Crippen LogP contribution in [-0.2, 0) is 50.7 Å². The Morgan fingerprint density at radius 2 is 1.52 bits per heavy atom. The van der Waals surface area contributed by atoms with Crippen LogP contribution in [0.3, 0.4) is 0 Å². The Kier molecular flexibility index (Phi) is 14.9. The summed E-state index contributed by atoms with van der Waals surface area (Å²) in [6, 6.07) is 6.89. The van der Waals surface area contributed by atoms with Gasteiger partial charge in [0.2, 0.25) is 0 Å². The van der Waals surface area contributed by atoms with Gasteiger partial charge in [0, 0.05) is 22.1 Å². The third-order valence-corrected chi connectivity index (χ3v) is 14.9. The maximum atomic E-state index is 13.7. The average molecular weight is 905 g/mol. The highest BCUT2D eigenvalue weighted by atomic mass is 16.6. The lowest BCUT2D eigenvalue weighted by Gasteiger charge is -2.38. The molecule has 356 valence electrons. The van der Waals surface area contributed by atoms with E-state index < -0.39 is 23.5 Å². The molecule has 0 bridgehead atoms. The molecule has 4 aromatic rings. The standard InChI is InChI=1S/C55H72N2O9/c1-11-39-41-28-38(21-22-45(41)56-49-42(39)30-57-46(49)29-44-43(52(57)60)31-63-53(61)55(44,62)12-2)64-47(58)23-24-48(59)65-50-35(7)36(8)51-40(37(50)9)25-27-54(10,66-51)26-15-20-34(6)19-14-18-33(5)17-13-16-32(3)4/h21-22,28-29,32-34,62H,11-20,23-27,30-31H2,1-10H3/t33-,34-,54-,55+/m1/s1. The minimum atomic E-state index is -1.91. The fraction of sp³-hybridized carbons (Fsp3) is 0.582. The van der Waals surface area contributed by atoms with Crippen LogP contribution in [0.25, 0.3) is 22.3 Å². The summed E-state index contributed by atoms with van der Waals surface area (Å²) in [5, 5.41) is 12.0. The molecule has 0 spiro atoms. The number of cyclic esters (lactones) is 1. The first-order chi connectivity index (χ1) is 31.4. The van der Waals surface area contributed by atoms with Gasteiger partial charge in [0.15, 0.2) is 5.60 Å². The van der Waals surface area contributed by atoms with Crippen molar-refractivity contribution < 1.29 is 38.4 Å². The number of benzene rings is 2. The maximum Gasteiger partial charge on any atom is 0.343 e. The van der Waals surface area contributed by atoms with Crippen molar-refractivity contribution in [2.75, 3.05) is 0 Å². The van der Waals surface area contributed by atoms with Crippen molar-refractivity contribution >= 4 is 28.8 Å². The van der Waals surface area contributed by atoms with Crippen LogP contribution in [0, 0.1) is 38.5 Å². The monoisotopic (exact) mass is 905 g/mol. The zero-order valence-corrected chi connectivity index (χ0v) is 41.2. The summed E-state index contributed by atoms with van der Waals surface area (Å²) in [5.74, 6) is 2.25. The number of aliphatic hydroxyl groups is 1.